The second-order valence-electron chi connectivity index (χ2n) is 4.89. The van der Waals surface area contributed by atoms with Crippen LogP contribution in [0.4, 0.5) is 5.95 Å². The highest BCUT2D eigenvalue weighted by atomic mass is 16.6. The van der Waals surface area contributed by atoms with Crippen LogP contribution < -0.4 is 10.6 Å². The Hall–Kier alpha value is -2.45. The van der Waals surface area contributed by atoms with Gasteiger partial charge in [-0.3, -0.25) is 9.59 Å². The van der Waals surface area contributed by atoms with E-state index in [0.717, 1.165) is 25.7 Å². The van der Waals surface area contributed by atoms with Gasteiger partial charge in [0.05, 0.1) is 6.54 Å². The van der Waals surface area contributed by atoms with Gasteiger partial charge in [0.25, 0.3) is 0 Å². The number of aromatic nitrogens is 2. The van der Waals surface area contributed by atoms with Crippen molar-refractivity contribution in [3.05, 3.63) is 22.5 Å². The number of imidazole rings is 1. The molecule has 0 spiro atoms. The molecule has 0 bridgehead atoms. The van der Waals surface area contributed by atoms with Crippen LogP contribution in [0.3, 0.4) is 0 Å². The predicted molar refractivity (Wildman–Crippen MR) is 72.3 cm³/mol. The lowest BCUT2D eigenvalue weighted by Gasteiger charge is -2.11. The van der Waals surface area contributed by atoms with Crippen LogP contribution in [0.1, 0.15) is 25.7 Å². The third kappa shape index (κ3) is 4.01. The maximum absolute atomic E-state index is 11.6. The maximum atomic E-state index is 11.6. The Morgan fingerprint density at radius 3 is 2.76 bits per heavy atom. The van der Waals surface area contributed by atoms with Gasteiger partial charge in [0.1, 0.15) is 12.4 Å². The van der Waals surface area contributed by atoms with Crippen LogP contribution in [0.5, 0.6) is 0 Å². The molecule has 1 heterocycles. The molecule has 1 aliphatic rings. The standard InChI is InChI=1S/C12H17N5O4/c18-10(11(19)15-9-3-1-2-4-9)13-5-7-16-8-6-14-12(16)17(20)21/h6,8-9H,1-5,7H2,(H,13,18)(H,15,19). The molecule has 9 nitrogen and oxygen atoms in total. The van der Waals surface area contributed by atoms with Crippen molar-refractivity contribution in [2.45, 2.75) is 38.3 Å². The Labute approximate surface area is 120 Å². The average Bonchev–Trinajstić information content (AvgIpc) is 3.09. The summed E-state index contributed by atoms with van der Waals surface area (Å²) in [5.74, 6) is -1.66. The predicted octanol–water partition coefficient (Wildman–Crippen LogP) is -0.0337. The molecule has 0 aliphatic heterocycles. The molecule has 21 heavy (non-hydrogen) atoms. The minimum Gasteiger partial charge on any atom is -0.390 e. The number of nitrogens with zero attached hydrogens (tertiary/aromatic N) is 3. The van der Waals surface area contributed by atoms with Crippen LogP contribution in [-0.2, 0) is 16.1 Å². The number of rotatable bonds is 5. The van der Waals surface area contributed by atoms with Crippen LogP contribution in [0.15, 0.2) is 12.4 Å². The van der Waals surface area contributed by atoms with Crippen LogP contribution in [0.2, 0.25) is 0 Å². The molecule has 0 atom stereocenters. The first-order valence-electron chi connectivity index (χ1n) is 6.82. The molecule has 0 radical (unpaired) electrons. The quantitative estimate of drug-likeness (QED) is 0.449. The van der Waals surface area contributed by atoms with Gasteiger partial charge >= 0.3 is 17.8 Å². The molecule has 1 aromatic rings. The van der Waals surface area contributed by atoms with Gasteiger partial charge in [0.2, 0.25) is 0 Å². The van der Waals surface area contributed by atoms with Crippen molar-refractivity contribution in [3.63, 3.8) is 0 Å². The zero-order chi connectivity index (χ0) is 15.2. The second-order valence-corrected chi connectivity index (χ2v) is 4.89. The van der Waals surface area contributed by atoms with E-state index >= 15 is 0 Å². The first-order valence-corrected chi connectivity index (χ1v) is 6.82. The number of nitro groups is 1. The van der Waals surface area contributed by atoms with E-state index in [0.29, 0.717) is 0 Å². The van der Waals surface area contributed by atoms with Crippen LogP contribution >= 0.6 is 0 Å². The third-order valence-electron chi connectivity index (χ3n) is 3.39. The highest BCUT2D eigenvalue weighted by molar-refractivity contribution is 6.35. The molecule has 114 valence electrons. The molecular weight excluding hydrogens is 278 g/mol. The van der Waals surface area contributed by atoms with Crippen molar-refractivity contribution in [2.24, 2.45) is 0 Å². The smallest absolute Gasteiger partial charge is 0.390 e. The fraction of sp³-hybridized carbons (Fsp3) is 0.583. The Bertz CT molecular complexity index is 536. The molecule has 1 fully saturated rings. The molecule has 0 saturated heterocycles. The number of hydrogen-bond acceptors (Lipinski definition) is 5. The summed E-state index contributed by atoms with van der Waals surface area (Å²) in [4.78, 5) is 36.9. The van der Waals surface area contributed by atoms with Gasteiger partial charge in [-0.1, -0.05) is 17.8 Å². The largest absolute Gasteiger partial charge is 0.434 e. The number of carbonyl (C=O) groups excluding carboxylic acids is 2. The molecule has 2 amide bonds. The van der Waals surface area contributed by atoms with Crippen molar-refractivity contribution in [2.75, 3.05) is 6.54 Å². The van der Waals surface area contributed by atoms with Gasteiger partial charge in [-0.05, 0) is 17.8 Å². The molecule has 1 aromatic heterocycles. The summed E-state index contributed by atoms with van der Waals surface area (Å²) < 4.78 is 1.30. The first kappa shape index (κ1) is 14.9. The lowest BCUT2D eigenvalue weighted by molar-refractivity contribution is -0.396. The number of hydrogen-bond donors (Lipinski definition) is 2. The average molecular weight is 295 g/mol. The number of carbonyl (C=O) groups is 2. The zero-order valence-corrected chi connectivity index (χ0v) is 11.4. The molecular formula is C12H17N5O4. The van der Waals surface area contributed by atoms with Crippen molar-refractivity contribution < 1.29 is 14.5 Å². The summed E-state index contributed by atoms with van der Waals surface area (Å²) in [6.07, 6.45) is 6.70. The summed E-state index contributed by atoms with van der Waals surface area (Å²) in [6.45, 7) is 0.298. The highest BCUT2D eigenvalue weighted by Gasteiger charge is 2.21. The Balaban J connectivity index is 1.74. The summed E-state index contributed by atoms with van der Waals surface area (Å²) in [5.41, 5.74) is 0. The summed E-state index contributed by atoms with van der Waals surface area (Å²) in [7, 11) is 0. The number of amides is 2. The van der Waals surface area contributed by atoms with Gasteiger partial charge in [-0.2, -0.15) is 0 Å². The summed E-state index contributed by atoms with van der Waals surface area (Å²) in [6, 6.07) is 0.0815. The fourth-order valence-electron chi connectivity index (χ4n) is 2.34. The van der Waals surface area contributed by atoms with Gasteiger partial charge in [0.15, 0.2) is 0 Å². The van der Waals surface area contributed by atoms with Crippen molar-refractivity contribution in [1.82, 2.24) is 20.2 Å². The van der Waals surface area contributed by atoms with Crippen molar-refractivity contribution in [3.8, 4) is 0 Å². The van der Waals surface area contributed by atoms with Gasteiger partial charge in [-0.25, -0.2) is 4.57 Å². The first-order chi connectivity index (χ1) is 10.1. The Morgan fingerprint density at radius 2 is 2.10 bits per heavy atom. The van der Waals surface area contributed by atoms with Gasteiger partial charge in [0, 0.05) is 12.6 Å². The van der Waals surface area contributed by atoms with E-state index in [2.05, 4.69) is 15.6 Å². The molecule has 0 aromatic carbocycles. The van der Waals surface area contributed by atoms with E-state index in [1.165, 1.54) is 17.0 Å². The molecule has 1 saturated carbocycles. The van der Waals surface area contributed by atoms with Crippen molar-refractivity contribution in [1.29, 1.82) is 0 Å². The minimum absolute atomic E-state index is 0.0815. The van der Waals surface area contributed by atoms with E-state index in [-0.39, 0.29) is 25.1 Å². The van der Waals surface area contributed by atoms with Gasteiger partial charge < -0.3 is 20.7 Å². The summed E-state index contributed by atoms with van der Waals surface area (Å²) >= 11 is 0. The van der Waals surface area contributed by atoms with Crippen LogP contribution in [0.25, 0.3) is 0 Å². The van der Waals surface area contributed by atoms with E-state index in [1.54, 1.807) is 0 Å². The normalized spacial score (nSPS) is 14.9. The third-order valence-corrected chi connectivity index (χ3v) is 3.39. The van der Waals surface area contributed by atoms with E-state index in [9.17, 15) is 19.7 Å². The minimum atomic E-state index is -0.718. The molecule has 9 heteroatoms. The number of nitrogens with one attached hydrogen (secondary N) is 2. The zero-order valence-electron chi connectivity index (χ0n) is 11.4. The monoisotopic (exact) mass is 295 g/mol. The Morgan fingerprint density at radius 1 is 1.38 bits per heavy atom. The highest BCUT2D eigenvalue weighted by Crippen LogP contribution is 2.17. The topological polar surface area (TPSA) is 119 Å². The molecule has 1 aliphatic carbocycles. The molecule has 2 rings (SSSR count). The van der Waals surface area contributed by atoms with Crippen LogP contribution in [0, 0.1) is 10.1 Å². The van der Waals surface area contributed by atoms with Gasteiger partial charge in [-0.15, -0.1) is 0 Å². The van der Waals surface area contributed by atoms with E-state index < -0.39 is 16.7 Å². The SMILES string of the molecule is O=C(NCCn1ccnc1[N+](=O)[O-])C(=O)NC1CCCC1. The fourth-order valence-corrected chi connectivity index (χ4v) is 2.34. The Kier molecular flexibility index (Phi) is 4.85. The van der Waals surface area contributed by atoms with Crippen LogP contribution in [-0.4, -0.2) is 38.9 Å². The summed E-state index contributed by atoms with van der Waals surface area (Å²) in [5, 5.41) is 15.8. The van der Waals surface area contributed by atoms with E-state index in [4.69, 9.17) is 0 Å². The second kappa shape index (κ2) is 6.82. The molecule has 2 N–H and O–H groups in total. The lowest BCUT2D eigenvalue weighted by Crippen LogP contribution is -2.44. The van der Waals surface area contributed by atoms with E-state index in [1.807, 2.05) is 0 Å². The molecule has 0 unspecified atom stereocenters. The van der Waals surface area contributed by atoms with Crippen molar-refractivity contribution >= 4 is 17.8 Å². The lowest BCUT2D eigenvalue weighted by atomic mass is 10.2. The maximum Gasteiger partial charge on any atom is 0.434 e.